The van der Waals surface area contributed by atoms with Crippen LogP contribution in [-0.2, 0) is 26.2 Å². The third-order valence-electron chi connectivity index (χ3n) is 4.74. The molecule has 0 aliphatic carbocycles. The Bertz CT molecular complexity index is 1240. The van der Waals surface area contributed by atoms with E-state index in [1.165, 1.54) is 12.2 Å². The molecule has 0 atom stereocenters. The van der Waals surface area contributed by atoms with Gasteiger partial charge in [-0.15, -0.1) is 4.40 Å². The van der Waals surface area contributed by atoms with E-state index in [-0.39, 0.29) is 18.9 Å². The predicted octanol–water partition coefficient (Wildman–Crippen LogP) is 2.77. The molecule has 7 nitrogen and oxygen atoms in total. The van der Waals surface area contributed by atoms with Crippen LogP contribution in [0.1, 0.15) is 11.1 Å². The molecule has 0 unspecified atom stereocenters. The molecule has 2 aliphatic rings. The molecular formula is C22H17N3O4S. The lowest BCUT2D eigenvalue weighted by molar-refractivity contribution is -0.139. The minimum atomic E-state index is -3.43. The van der Waals surface area contributed by atoms with Crippen molar-refractivity contribution < 1.29 is 17.9 Å². The smallest absolute Gasteiger partial charge is 0.339 e. The standard InChI is InChI=1S/C22H17N3O4S/c23-13-18-3-1-2-4-20(18)17-7-5-16(6-8-17)15-29-22(26)19-9-10-21-24-30(27,28)12-11-25(21)14-19/h1-10,14H,11-12,15H2. The van der Waals surface area contributed by atoms with Crippen LogP contribution in [0.15, 0.2) is 76.9 Å². The van der Waals surface area contributed by atoms with Gasteiger partial charge in [-0.25, -0.2) is 13.2 Å². The highest BCUT2D eigenvalue weighted by Gasteiger charge is 2.25. The van der Waals surface area contributed by atoms with Crippen LogP contribution in [-0.4, -0.2) is 37.4 Å². The number of fused-ring (bicyclic) bond motifs is 1. The topological polar surface area (TPSA) is 99.8 Å². The first-order valence-electron chi connectivity index (χ1n) is 9.20. The second-order valence-corrected chi connectivity index (χ2v) is 8.53. The molecule has 2 heterocycles. The maximum absolute atomic E-state index is 12.4. The Morgan fingerprint density at radius 1 is 1.13 bits per heavy atom. The zero-order valence-corrected chi connectivity index (χ0v) is 16.7. The fraction of sp³-hybridized carbons (Fsp3) is 0.136. The molecule has 4 rings (SSSR count). The fourth-order valence-corrected chi connectivity index (χ4v) is 4.14. The number of amidine groups is 1. The number of nitriles is 1. The third-order valence-corrected chi connectivity index (χ3v) is 5.91. The number of carbonyl (C=O) groups is 1. The van der Waals surface area contributed by atoms with Crippen LogP contribution in [0, 0.1) is 11.3 Å². The summed E-state index contributed by atoms with van der Waals surface area (Å²) < 4.78 is 32.2. The molecule has 2 aromatic carbocycles. The van der Waals surface area contributed by atoms with Gasteiger partial charge in [0.1, 0.15) is 12.4 Å². The molecule has 0 bridgehead atoms. The lowest BCUT2D eigenvalue weighted by atomic mass is 9.99. The highest BCUT2D eigenvalue weighted by atomic mass is 32.2. The number of benzene rings is 2. The van der Waals surface area contributed by atoms with Gasteiger partial charge in [0, 0.05) is 12.7 Å². The van der Waals surface area contributed by atoms with Gasteiger partial charge in [0.15, 0.2) is 0 Å². The molecule has 0 spiro atoms. The second-order valence-electron chi connectivity index (χ2n) is 6.78. The van der Waals surface area contributed by atoms with E-state index >= 15 is 0 Å². The zero-order chi connectivity index (χ0) is 21.1. The molecule has 2 aromatic rings. The Morgan fingerprint density at radius 3 is 2.67 bits per heavy atom. The first kappa shape index (κ1) is 19.6. The van der Waals surface area contributed by atoms with E-state index in [2.05, 4.69) is 10.5 Å². The quantitative estimate of drug-likeness (QED) is 0.707. The van der Waals surface area contributed by atoms with Gasteiger partial charge in [0.25, 0.3) is 10.0 Å². The Balaban J connectivity index is 1.41. The Kier molecular flexibility index (Phi) is 5.21. The fourth-order valence-electron chi connectivity index (χ4n) is 3.17. The Hall–Kier alpha value is -3.70. The molecule has 8 heteroatoms. The molecule has 0 saturated heterocycles. The van der Waals surface area contributed by atoms with Crippen LogP contribution in [0.4, 0.5) is 0 Å². The first-order valence-corrected chi connectivity index (χ1v) is 10.8. The summed E-state index contributed by atoms with van der Waals surface area (Å²) in [5, 5.41) is 9.24. The van der Waals surface area contributed by atoms with Crippen molar-refractivity contribution in [2.75, 3.05) is 12.3 Å². The molecule has 0 N–H and O–H groups in total. The summed E-state index contributed by atoms with van der Waals surface area (Å²) in [5.74, 6) is -0.298. The number of hydrogen-bond donors (Lipinski definition) is 0. The van der Waals surface area contributed by atoms with Gasteiger partial charge in [0.05, 0.1) is 23.0 Å². The molecule has 0 aromatic heterocycles. The van der Waals surface area contributed by atoms with Crippen LogP contribution >= 0.6 is 0 Å². The lowest BCUT2D eigenvalue weighted by Crippen LogP contribution is -2.37. The molecular weight excluding hydrogens is 402 g/mol. The number of nitrogens with zero attached hydrogens (tertiary/aromatic N) is 3. The van der Waals surface area contributed by atoms with Crippen LogP contribution < -0.4 is 0 Å². The molecule has 0 radical (unpaired) electrons. The molecule has 0 fully saturated rings. The summed E-state index contributed by atoms with van der Waals surface area (Å²) in [7, 11) is -3.43. The normalized spacial score (nSPS) is 16.7. The minimum absolute atomic E-state index is 0.0928. The van der Waals surface area contributed by atoms with Crippen LogP contribution in [0.5, 0.6) is 0 Å². The Morgan fingerprint density at radius 2 is 1.90 bits per heavy atom. The van der Waals surface area contributed by atoms with Crippen molar-refractivity contribution in [1.82, 2.24) is 4.90 Å². The van der Waals surface area contributed by atoms with E-state index in [9.17, 15) is 18.5 Å². The van der Waals surface area contributed by atoms with E-state index in [4.69, 9.17) is 4.74 Å². The van der Waals surface area contributed by atoms with Crippen molar-refractivity contribution in [3.05, 3.63) is 83.6 Å². The average Bonchev–Trinajstić information content (AvgIpc) is 2.77. The van der Waals surface area contributed by atoms with Gasteiger partial charge in [-0.2, -0.15) is 5.26 Å². The molecule has 2 aliphatic heterocycles. The van der Waals surface area contributed by atoms with Gasteiger partial charge in [-0.05, 0) is 34.9 Å². The predicted molar refractivity (Wildman–Crippen MR) is 112 cm³/mol. The van der Waals surface area contributed by atoms with E-state index in [0.717, 1.165) is 16.7 Å². The van der Waals surface area contributed by atoms with Crippen molar-refractivity contribution in [2.45, 2.75) is 6.61 Å². The second kappa shape index (κ2) is 7.97. The summed E-state index contributed by atoms with van der Waals surface area (Å²) in [4.78, 5) is 14.0. The number of rotatable bonds is 4. The number of hydrogen-bond acceptors (Lipinski definition) is 6. The average molecular weight is 419 g/mol. The van der Waals surface area contributed by atoms with Crippen molar-refractivity contribution in [1.29, 1.82) is 5.26 Å². The number of ether oxygens (including phenoxy) is 1. The zero-order valence-electron chi connectivity index (χ0n) is 15.9. The van der Waals surface area contributed by atoms with E-state index in [0.29, 0.717) is 17.0 Å². The summed E-state index contributed by atoms with van der Waals surface area (Å²) in [6, 6.07) is 17.0. The van der Waals surface area contributed by atoms with Crippen molar-refractivity contribution in [3.63, 3.8) is 0 Å². The van der Waals surface area contributed by atoms with Crippen LogP contribution in [0.2, 0.25) is 0 Å². The summed E-state index contributed by atoms with van der Waals surface area (Å²) in [6.45, 7) is 0.341. The van der Waals surface area contributed by atoms with Crippen molar-refractivity contribution >= 4 is 21.8 Å². The lowest BCUT2D eigenvalue weighted by Gasteiger charge is -2.26. The van der Waals surface area contributed by atoms with E-state index in [1.807, 2.05) is 42.5 Å². The minimum Gasteiger partial charge on any atom is -0.457 e. The summed E-state index contributed by atoms with van der Waals surface area (Å²) in [6.07, 6.45) is 4.55. The third kappa shape index (κ3) is 4.16. The Labute approximate surface area is 174 Å². The van der Waals surface area contributed by atoms with Gasteiger partial charge in [-0.1, -0.05) is 42.5 Å². The highest BCUT2D eigenvalue weighted by molar-refractivity contribution is 7.90. The SMILES string of the molecule is N#Cc1ccccc1-c1ccc(COC(=O)C2=CN3CCS(=O)(=O)N=C3C=C2)cc1. The largest absolute Gasteiger partial charge is 0.457 e. The monoisotopic (exact) mass is 419 g/mol. The van der Waals surface area contributed by atoms with Crippen LogP contribution in [0.3, 0.4) is 0 Å². The number of carbonyl (C=O) groups excluding carboxylic acids is 1. The molecule has 150 valence electrons. The van der Waals surface area contributed by atoms with E-state index < -0.39 is 16.0 Å². The molecule has 0 amide bonds. The highest BCUT2D eigenvalue weighted by Crippen LogP contribution is 2.24. The van der Waals surface area contributed by atoms with Gasteiger partial charge < -0.3 is 9.64 Å². The maximum Gasteiger partial charge on any atom is 0.339 e. The summed E-state index contributed by atoms with van der Waals surface area (Å²) >= 11 is 0. The molecule has 30 heavy (non-hydrogen) atoms. The number of esters is 1. The summed E-state index contributed by atoms with van der Waals surface area (Å²) in [5.41, 5.74) is 3.50. The molecule has 0 saturated carbocycles. The van der Waals surface area contributed by atoms with Crippen molar-refractivity contribution in [3.8, 4) is 17.2 Å². The van der Waals surface area contributed by atoms with Gasteiger partial charge in [-0.3, -0.25) is 0 Å². The maximum atomic E-state index is 12.4. The van der Waals surface area contributed by atoms with Gasteiger partial charge in [0.2, 0.25) is 0 Å². The first-order chi connectivity index (χ1) is 14.4. The van der Waals surface area contributed by atoms with E-state index in [1.54, 1.807) is 17.2 Å². The number of sulfonamides is 1. The van der Waals surface area contributed by atoms with Gasteiger partial charge >= 0.3 is 5.97 Å². The van der Waals surface area contributed by atoms with Crippen LogP contribution in [0.25, 0.3) is 11.1 Å². The van der Waals surface area contributed by atoms with Crippen molar-refractivity contribution in [2.24, 2.45) is 4.40 Å².